The van der Waals surface area contributed by atoms with Crippen LogP contribution in [-0.2, 0) is 19.4 Å². The highest BCUT2D eigenvalue weighted by atomic mass is 32.1. The number of thiazole rings is 1. The Kier molecular flexibility index (Phi) is 6.20. The van der Waals surface area contributed by atoms with Crippen LogP contribution in [-0.4, -0.2) is 24.5 Å². The molecule has 0 radical (unpaired) electrons. The summed E-state index contributed by atoms with van der Waals surface area (Å²) in [7, 11) is 1.80. The summed E-state index contributed by atoms with van der Waals surface area (Å²) in [6.45, 7) is 5.88. The fourth-order valence-corrected chi connectivity index (χ4v) is 3.48. The van der Waals surface area contributed by atoms with Gasteiger partial charge in [0.05, 0.1) is 17.2 Å². The van der Waals surface area contributed by atoms with E-state index < -0.39 is 0 Å². The van der Waals surface area contributed by atoms with Crippen LogP contribution in [0.5, 0.6) is 0 Å². The lowest BCUT2D eigenvalue weighted by Crippen LogP contribution is -2.37. The Morgan fingerprint density at radius 3 is 2.71 bits per heavy atom. The van der Waals surface area contributed by atoms with Gasteiger partial charge >= 0.3 is 0 Å². The number of hydrogen-bond donors (Lipinski definition) is 2. The van der Waals surface area contributed by atoms with Gasteiger partial charge in [-0.3, -0.25) is 4.99 Å². The molecule has 2 N–H and O–H groups in total. The number of nitrogens with one attached hydrogen (secondary N) is 2. The fourth-order valence-electron chi connectivity index (χ4n) is 1.93. The minimum atomic E-state index is 0.820. The summed E-state index contributed by atoms with van der Waals surface area (Å²) in [4.78, 5) is 11.5. The average molecular weight is 323 g/mol. The van der Waals surface area contributed by atoms with Crippen molar-refractivity contribution in [3.05, 3.63) is 38.0 Å². The molecule has 0 aliphatic rings. The Morgan fingerprint density at radius 1 is 1.29 bits per heavy atom. The summed E-state index contributed by atoms with van der Waals surface area (Å²) in [6.07, 6.45) is 2.02. The second-order valence-electron chi connectivity index (χ2n) is 4.68. The minimum Gasteiger partial charge on any atom is -0.356 e. The number of aryl methyl sites for hydroxylation is 2. The molecular formula is C15H22N4S2. The van der Waals surface area contributed by atoms with E-state index in [2.05, 4.69) is 45.0 Å². The summed E-state index contributed by atoms with van der Waals surface area (Å²) >= 11 is 3.55. The lowest BCUT2D eigenvalue weighted by Gasteiger charge is -2.10. The molecule has 2 heterocycles. The van der Waals surface area contributed by atoms with Crippen molar-refractivity contribution in [1.82, 2.24) is 15.6 Å². The van der Waals surface area contributed by atoms with Gasteiger partial charge in [-0.15, -0.1) is 22.7 Å². The molecule has 0 spiro atoms. The highest BCUT2D eigenvalue weighted by Crippen LogP contribution is 2.16. The van der Waals surface area contributed by atoms with Crippen molar-refractivity contribution in [2.45, 2.75) is 33.2 Å². The third-order valence-electron chi connectivity index (χ3n) is 3.06. The molecule has 0 bridgehead atoms. The first-order chi connectivity index (χ1) is 10.2. The van der Waals surface area contributed by atoms with Gasteiger partial charge in [-0.05, 0) is 25.5 Å². The van der Waals surface area contributed by atoms with Crippen LogP contribution in [0.4, 0.5) is 0 Å². The number of hydrogen-bond acceptors (Lipinski definition) is 4. The van der Waals surface area contributed by atoms with Crippen LogP contribution in [0.3, 0.4) is 0 Å². The highest BCUT2D eigenvalue weighted by Gasteiger charge is 2.02. The molecule has 2 aromatic heterocycles. The van der Waals surface area contributed by atoms with Crippen molar-refractivity contribution in [3.8, 4) is 0 Å². The quantitative estimate of drug-likeness (QED) is 0.635. The van der Waals surface area contributed by atoms with Gasteiger partial charge in [-0.1, -0.05) is 6.92 Å². The van der Waals surface area contributed by atoms with Crippen molar-refractivity contribution in [2.24, 2.45) is 4.99 Å². The normalized spacial score (nSPS) is 11.7. The molecule has 21 heavy (non-hydrogen) atoms. The van der Waals surface area contributed by atoms with Crippen LogP contribution in [0, 0.1) is 6.92 Å². The minimum absolute atomic E-state index is 0.820. The Labute approximate surface area is 134 Å². The molecule has 6 heteroatoms. The van der Waals surface area contributed by atoms with Gasteiger partial charge in [0.25, 0.3) is 0 Å². The molecular weight excluding hydrogens is 300 g/mol. The average Bonchev–Trinajstić information content (AvgIpc) is 3.11. The van der Waals surface area contributed by atoms with Crippen molar-refractivity contribution in [2.75, 3.05) is 13.6 Å². The lowest BCUT2D eigenvalue weighted by molar-refractivity contribution is 0.790. The van der Waals surface area contributed by atoms with E-state index in [9.17, 15) is 0 Å². The molecule has 0 saturated heterocycles. The third kappa shape index (κ3) is 5.13. The second kappa shape index (κ2) is 8.14. The van der Waals surface area contributed by atoms with E-state index in [0.717, 1.165) is 42.6 Å². The Morgan fingerprint density at radius 2 is 2.10 bits per heavy atom. The standard InChI is InChI=1S/C15H22N4S2/c1-4-13-5-6-14(21-13)9-18-15(16-3)17-8-7-12-10-20-11(2)19-12/h5-6,10H,4,7-9H2,1-3H3,(H2,16,17,18). The van der Waals surface area contributed by atoms with Gasteiger partial charge in [-0.25, -0.2) is 4.98 Å². The molecule has 0 aromatic carbocycles. The SMILES string of the molecule is CCc1ccc(CNC(=NC)NCCc2csc(C)n2)s1. The van der Waals surface area contributed by atoms with Crippen molar-refractivity contribution >= 4 is 28.6 Å². The number of aliphatic imine (C=N–C) groups is 1. The number of guanidine groups is 1. The van der Waals surface area contributed by atoms with Gasteiger partial charge < -0.3 is 10.6 Å². The molecule has 114 valence electrons. The maximum absolute atomic E-state index is 4.46. The number of aromatic nitrogens is 1. The van der Waals surface area contributed by atoms with Gasteiger partial charge in [0.2, 0.25) is 0 Å². The van der Waals surface area contributed by atoms with Crippen LogP contribution in [0.1, 0.15) is 27.4 Å². The zero-order valence-corrected chi connectivity index (χ0v) is 14.4. The smallest absolute Gasteiger partial charge is 0.191 e. The predicted molar refractivity (Wildman–Crippen MR) is 92.5 cm³/mol. The molecule has 4 nitrogen and oxygen atoms in total. The summed E-state index contributed by atoms with van der Waals surface area (Å²) in [5.74, 6) is 0.841. The first kappa shape index (κ1) is 16.0. The topological polar surface area (TPSA) is 49.3 Å². The largest absolute Gasteiger partial charge is 0.356 e. The molecule has 0 aliphatic carbocycles. The Bertz CT molecular complexity index is 586. The van der Waals surface area contributed by atoms with E-state index in [1.807, 2.05) is 18.3 Å². The zero-order valence-electron chi connectivity index (χ0n) is 12.8. The number of thiophene rings is 1. The zero-order chi connectivity index (χ0) is 15.1. The fraction of sp³-hybridized carbons (Fsp3) is 0.467. The van der Waals surface area contributed by atoms with Crippen LogP contribution in [0.15, 0.2) is 22.5 Å². The molecule has 2 aromatic rings. The first-order valence-corrected chi connectivity index (χ1v) is 8.84. The van der Waals surface area contributed by atoms with Gasteiger partial charge in [0, 0.05) is 35.1 Å². The molecule has 0 aliphatic heterocycles. The molecule has 0 amide bonds. The predicted octanol–water partition coefficient (Wildman–Crippen LogP) is 2.98. The molecule has 2 rings (SSSR count). The monoisotopic (exact) mass is 322 g/mol. The van der Waals surface area contributed by atoms with E-state index in [-0.39, 0.29) is 0 Å². The van der Waals surface area contributed by atoms with Crippen LogP contribution in [0.25, 0.3) is 0 Å². The van der Waals surface area contributed by atoms with Crippen LogP contribution >= 0.6 is 22.7 Å². The van der Waals surface area contributed by atoms with E-state index >= 15 is 0 Å². The van der Waals surface area contributed by atoms with E-state index in [1.54, 1.807) is 18.4 Å². The van der Waals surface area contributed by atoms with E-state index in [1.165, 1.54) is 9.75 Å². The van der Waals surface area contributed by atoms with Crippen LogP contribution < -0.4 is 10.6 Å². The first-order valence-electron chi connectivity index (χ1n) is 7.14. The summed E-state index contributed by atoms with van der Waals surface area (Å²) in [5.41, 5.74) is 1.14. The van der Waals surface area contributed by atoms with Gasteiger partial charge in [0.1, 0.15) is 0 Å². The number of rotatable bonds is 6. The van der Waals surface area contributed by atoms with E-state index in [4.69, 9.17) is 0 Å². The Hall–Kier alpha value is -1.40. The van der Waals surface area contributed by atoms with Gasteiger partial charge in [-0.2, -0.15) is 0 Å². The van der Waals surface area contributed by atoms with E-state index in [0.29, 0.717) is 0 Å². The summed E-state index contributed by atoms with van der Waals surface area (Å²) < 4.78 is 0. The second-order valence-corrected chi connectivity index (χ2v) is 7.00. The lowest BCUT2D eigenvalue weighted by atomic mass is 10.3. The highest BCUT2D eigenvalue weighted by molar-refractivity contribution is 7.12. The molecule has 0 unspecified atom stereocenters. The Balaban J connectivity index is 1.73. The molecule has 0 saturated carbocycles. The maximum atomic E-state index is 4.46. The summed E-state index contributed by atoms with van der Waals surface area (Å²) in [6, 6.07) is 4.38. The number of nitrogens with zero attached hydrogens (tertiary/aromatic N) is 2. The van der Waals surface area contributed by atoms with Crippen molar-refractivity contribution in [1.29, 1.82) is 0 Å². The maximum Gasteiger partial charge on any atom is 0.191 e. The van der Waals surface area contributed by atoms with Crippen molar-refractivity contribution in [3.63, 3.8) is 0 Å². The molecule has 0 atom stereocenters. The summed E-state index contributed by atoms with van der Waals surface area (Å²) in [5, 5.41) is 9.91. The third-order valence-corrected chi connectivity index (χ3v) is 5.11. The molecule has 0 fully saturated rings. The van der Waals surface area contributed by atoms with Gasteiger partial charge in [0.15, 0.2) is 5.96 Å². The van der Waals surface area contributed by atoms with Crippen molar-refractivity contribution < 1.29 is 0 Å². The van der Waals surface area contributed by atoms with Crippen LogP contribution in [0.2, 0.25) is 0 Å².